The zero-order chi connectivity index (χ0) is 15.4. The van der Waals surface area contributed by atoms with Crippen molar-refractivity contribution in [2.45, 2.75) is 19.9 Å². The van der Waals surface area contributed by atoms with E-state index in [-0.39, 0.29) is 6.54 Å². The Hall–Kier alpha value is -1.94. The SMILES string of the molecule is CCN(c1ccccc1C)C(CN)c1cc(F)ccc1F. The van der Waals surface area contributed by atoms with E-state index in [9.17, 15) is 8.78 Å². The topological polar surface area (TPSA) is 29.3 Å². The molecule has 0 aliphatic rings. The summed E-state index contributed by atoms with van der Waals surface area (Å²) in [5, 5.41) is 0. The number of halogens is 2. The Morgan fingerprint density at radius 2 is 1.86 bits per heavy atom. The van der Waals surface area contributed by atoms with Crippen LogP contribution in [-0.2, 0) is 0 Å². The van der Waals surface area contributed by atoms with E-state index in [2.05, 4.69) is 0 Å². The number of anilines is 1. The number of rotatable bonds is 5. The molecule has 2 aromatic carbocycles. The number of hydrogen-bond donors (Lipinski definition) is 1. The summed E-state index contributed by atoms with van der Waals surface area (Å²) in [5.41, 5.74) is 8.21. The number of nitrogens with two attached hydrogens (primary N) is 1. The Bertz CT molecular complexity index is 613. The van der Waals surface area contributed by atoms with Gasteiger partial charge in [-0.1, -0.05) is 18.2 Å². The van der Waals surface area contributed by atoms with Crippen molar-refractivity contribution < 1.29 is 8.78 Å². The minimum absolute atomic E-state index is 0.211. The average Bonchev–Trinajstić information content (AvgIpc) is 2.48. The Morgan fingerprint density at radius 1 is 1.14 bits per heavy atom. The lowest BCUT2D eigenvalue weighted by molar-refractivity contribution is 0.547. The summed E-state index contributed by atoms with van der Waals surface area (Å²) in [6.07, 6.45) is 0. The molecular weight excluding hydrogens is 270 g/mol. The van der Waals surface area contributed by atoms with Crippen LogP contribution in [0.3, 0.4) is 0 Å². The number of aryl methyl sites for hydroxylation is 1. The van der Waals surface area contributed by atoms with Crippen LogP contribution < -0.4 is 10.6 Å². The van der Waals surface area contributed by atoms with Crippen molar-refractivity contribution in [2.75, 3.05) is 18.0 Å². The van der Waals surface area contributed by atoms with Gasteiger partial charge in [0.2, 0.25) is 0 Å². The van der Waals surface area contributed by atoms with Gasteiger partial charge in [0.25, 0.3) is 0 Å². The van der Waals surface area contributed by atoms with Gasteiger partial charge in [0.1, 0.15) is 11.6 Å². The summed E-state index contributed by atoms with van der Waals surface area (Å²) < 4.78 is 27.5. The maximum atomic E-state index is 14.1. The molecule has 0 aliphatic carbocycles. The summed E-state index contributed by atoms with van der Waals surface area (Å²) in [6.45, 7) is 4.84. The molecule has 0 radical (unpaired) electrons. The molecule has 2 rings (SSSR count). The first kappa shape index (κ1) is 15.4. The summed E-state index contributed by atoms with van der Waals surface area (Å²) in [4.78, 5) is 2.01. The Kier molecular flexibility index (Phi) is 4.91. The molecule has 0 spiro atoms. The second kappa shape index (κ2) is 6.68. The van der Waals surface area contributed by atoms with Crippen molar-refractivity contribution in [1.82, 2.24) is 0 Å². The molecule has 0 aromatic heterocycles. The lowest BCUT2D eigenvalue weighted by Crippen LogP contribution is -2.34. The Morgan fingerprint density at radius 3 is 2.48 bits per heavy atom. The van der Waals surface area contributed by atoms with Gasteiger partial charge in [-0.15, -0.1) is 0 Å². The minimum Gasteiger partial charge on any atom is -0.363 e. The predicted molar refractivity (Wildman–Crippen MR) is 82.4 cm³/mol. The smallest absolute Gasteiger partial charge is 0.128 e. The second-order valence-electron chi connectivity index (χ2n) is 4.99. The molecule has 2 N–H and O–H groups in total. The first-order valence-corrected chi connectivity index (χ1v) is 7.05. The van der Waals surface area contributed by atoms with E-state index in [1.807, 2.05) is 43.0 Å². The van der Waals surface area contributed by atoms with Gasteiger partial charge in [-0.05, 0) is 43.7 Å². The summed E-state index contributed by atoms with van der Waals surface area (Å²) in [5.74, 6) is -0.885. The molecule has 0 saturated heterocycles. The number of likely N-dealkylation sites (N-methyl/N-ethyl adjacent to an activating group) is 1. The van der Waals surface area contributed by atoms with Crippen LogP contribution in [0.4, 0.5) is 14.5 Å². The standard InChI is InChI=1S/C17H20F2N2/c1-3-21(16-7-5-4-6-12(16)2)17(11-20)14-10-13(18)8-9-15(14)19/h4-10,17H,3,11,20H2,1-2H3. The van der Waals surface area contributed by atoms with Crippen LogP contribution in [0, 0.1) is 18.6 Å². The predicted octanol–water partition coefficient (Wildman–Crippen LogP) is 3.80. The highest BCUT2D eigenvalue weighted by Crippen LogP contribution is 2.30. The number of benzene rings is 2. The quantitative estimate of drug-likeness (QED) is 0.907. The van der Waals surface area contributed by atoms with Crippen molar-refractivity contribution in [3.63, 3.8) is 0 Å². The minimum atomic E-state index is -0.453. The molecule has 21 heavy (non-hydrogen) atoms. The van der Waals surface area contributed by atoms with Gasteiger partial charge in [0.15, 0.2) is 0 Å². The highest BCUT2D eigenvalue weighted by Gasteiger charge is 2.22. The monoisotopic (exact) mass is 290 g/mol. The molecule has 0 aliphatic heterocycles. The second-order valence-corrected chi connectivity index (χ2v) is 4.99. The molecule has 0 saturated carbocycles. The van der Waals surface area contributed by atoms with E-state index in [1.165, 1.54) is 6.07 Å². The Balaban J connectivity index is 2.48. The normalized spacial score (nSPS) is 12.2. The molecule has 0 heterocycles. The van der Waals surface area contributed by atoms with Crippen LogP contribution in [0.5, 0.6) is 0 Å². The van der Waals surface area contributed by atoms with Crippen LogP contribution in [0.25, 0.3) is 0 Å². The highest BCUT2D eigenvalue weighted by atomic mass is 19.1. The van der Waals surface area contributed by atoms with Crippen LogP contribution in [0.15, 0.2) is 42.5 Å². The molecule has 2 nitrogen and oxygen atoms in total. The van der Waals surface area contributed by atoms with E-state index in [4.69, 9.17) is 5.73 Å². The van der Waals surface area contributed by atoms with E-state index in [0.717, 1.165) is 23.4 Å². The van der Waals surface area contributed by atoms with Crippen molar-refractivity contribution >= 4 is 5.69 Å². The fourth-order valence-corrected chi connectivity index (χ4v) is 2.64. The molecule has 112 valence electrons. The number of nitrogens with zero attached hydrogens (tertiary/aromatic N) is 1. The molecule has 4 heteroatoms. The number of hydrogen-bond acceptors (Lipinski definition) is 2. The molecule has 2 aromatic rings. The zero-order valence-corrected chi connectivity index (χ0v) is 12.3. The summed E-state index contributed by atoms with van der Waals surface area (Å²) in [7, 11) is 0. The van der Waals surface area contributed by atoms with Gasteiger partial charge < -0.3 is 10.6 Å². The molecule has 0 bridgehead atoms. The highest BCUT2D eigenvalue weighted by molar-refractivity contribution is 5.55. The lowest BCUT2D eigenvalue weighted by Gasteiger charge is -2.33. The third-order valence-corrected chi connectivity index (χ3v) is 3.68. The molecule has 0 fully saturated rings. The van der Waals surface area contributed by atoms with Crippen molar-refractivity contribution in [3.8, 4) is 0 Å². The van der Waals surface area contributed by atoms with E-state index < -0.39 is 17.7 Å². The van der Waals surface area contributed by atoms with Gasteiger partial charge in [0.05, 0.1) is 6.04 Å². The lowest BCUT2D eigenvalue weighted by atomic mass is 10.0. The molecular formula is C17H20F2N2. The van der Waals surface area contributed by atoms with Crippen molar-refractivity contribution in [1.29, 1.82) is 0 Å². The van der Waals surface area contributed by atoms with Gasteiger partial charge in [-0.3, -0.25) is 0 Å². The largest absolute Gasteiger partial charge is 0.363 e. The van der Waals surface area contributed by atoms with E-state index >= 15 is 0 Å². The van der Waals surface area contributed by atoms with E-state index in [0.29, 0.717) is 12.1 Å². The number of para-hydroxylation sites is 1. The molecule has 1 atom stereocenters. The fraction of sp³-hybridized carbons (Fsp3) is 0.294. The first-order valence-electron chi connectivity index (χ1n) is 7.05. The molecule has 1 unspecified atom stereocenters. The molecule has 0 amide bonds. The van der Waals surface area contributed by atoms with Gasteiger partial charge in [-0.25, -0.2) is 8.78 Å². The summed E-state index contributed by atoms with van der Waals surface area (Å²) >= 11 is 0. The van der Waals surface area contributed by atoms with E-state index in [1.54, 1.807) is 0 Å². The van der Waals surface area contributed by atoms with Crippen LogP contribution in [-0.4, -0.2) is 13.1 Å². The van der Waals surface area contributed by atoms with Crippen molar-refractivity contribution in [2.24, 2.45) is 5.73 Å². The first-order chi connectivity index (χ1) is 10.1. The maximum Gasteiger partial charge on any atom is 0.128 e. The Labute approximate surface area is 124 Å². The van der Waals surface area contributed by atoms with Crippen LogP contribution in [0.2, 0.25) is 0 Å². The fourth-order valence-electron chi connectivity index (χ4n) is 2.64. The van der Waals surface area contributed by atoms with Gasteiger partial charge in [0, 0.05) is 24.3 Å². The van der Waals surface area contributed by atoms with Crippen molar-refractivity contribution in [3.05, 3.63) is 65.2 Å². The third kappa shape index (κ3) is 3.22. The zero-order valence-electron chi connectivity index (χ0n) is 12.3. The van der Waals surface area contributed by atoms with Crippen LogP contribution in [0.1, 0.15) is 24.1 Å². The van der Waals surface area contributed by atoms with Gasteiger partial charge >= 0.3 is 0 Å². The summed E-state index contributed by atoms with van der Waals surface area (Å²) in [6, 6.07) is 11.0. The maximum absolute atomic E-state index is 14.1. The third-order valence-electron chi connectivity index (χ3n) is 3.68. The van der Waals surface area contributed by atoms with Gasteiger partial charge in [-0.2, -0.15) is 0 Å². The van der Waals surface area contributed by atoms with Crippen LogP contribution >= 0.6 is 0 Å². The average molecular weight is 290 g/mol.